The van der Waals surface area contributed by atoms with Gasteiger partial charge in [-0.15, -0.1) is 0 Å². The smallest absolute Gasteiger partial charge is 0.134 e. The quantitative estimate of drug-likeness (QED) is 0.878. The molecule has 1 aromatic carbocycles. The average molecular weight is 286 g/mol. The van der Waals surface area contributed by atoms with E-state index < -0.39 is 0 Å². The van der Waals surface area contributed by atoms with E-state index in [0.717, 1.165) is 24.6 Å². The fraction of sp³-hybridized carbons (Fsp3) is 0.556. The number of nitrogens with one attached hydrogen (secondary N) is 1. The molecule has 1 atom stereocenters. The van der Waals surface area contributed by atoms with Crippen molar-refractivity contribution in [3.8, 4) is 0 Å². The van der Waals surface area contributed by atoms with Gasteiger partial charge in [0.25, 0.3) is 0 Å². The summed E-state index contributed by atoms with van der Waals surface area (Å²) in [4.78, 5) is 2.59. The second-order valence-electron chi connectivity index (χ2n) is 6.20. The molecule has 1 fully saturated rings. The summed E-state index contributed by atoms with van der Waals surface area (Å²) in [6.45, 7) is 7.99. The molecule has 2 heterocycles. The zero-order valence-corrected chi connectivity index (χ0v) is 13.0. The van der Waals surface area contributed by atoms with Crippen molar-refractivity contribution in [3.63, 3.8) is 0 Å². The molecule has 3 heteroatoms. The Morgan fingerprint density at radius 2 is 2.24 bits per heavy atom. The van der Waals surface area contributed by atoms with Gasteiger partial charge < -0.3 is 9.73 Å². The van der Waals surface area contributed by atoms with Crippen LogP contribution in [0.3, 0.4) is 0 Å². The minimum absolute atomic E-state index is 0.795. The monoisotopic (exact) mass is 286 g/mol. The molecular weight excluding hydrogens is 260 g/mol. The molecule has 1 N–H and O–H groups in total. The Morgan fingerprint density at radius 3 is 3.05 bits per heavy atom. The number of fused-ring (bicyclic) bond motifs is 1. The van der Waals surface area contributed by atoms with Crippen LogP contribution in [0.25, 0.3) is 11.0 Å². The lowest BCUT2D eigenvalue weighted by Crippen LogP contribution is -2.38. The topological polar surface area (TPSA) is 28.4 Å². The maximum Gasteiger partial charge on any atom is 0.134 e. The van der Waals surface area contributed by atoms with Crippen molar-refractivity contribution >= 4 is 11.0 Å². The summed E-state index contributed by atoms with van der Waals surface area (Å²) in [5.74, 6) is 0.795. The van der Waals surface area contributed by atoms with Gasteiger partial charge in [-0.3, -0.25) is 4.90 Å². The molecule has 3 rings (SSSR count). The minimum Gasteiger partial charge on any atom is -0.464 e. The third kappa shape index (κ3) is 3.66. The molecule has 0 amide bonds. The molecular formula is C18H26N2O. The molecule has 1 unspecified atom stereocenters. The van der Waals surface area contributed by atoms with E-state index in [-0.39, 0.29) is 0 Å². The summed E-state index contributed by atoms with van der Waals surface area (Å²) in [6, 6.07) is 8.35. The van der Waals surface area contributed by atoms with Crippen LogP contribution in [0.4, 0.5) is 0 Å². The lowest BCUT2D eigenvalue weighted by atomic mass is 9.98. The normalized spacial score (nSPS) is 19.4. The van der Waals surface area contributed by atoms with Crippen LogP contribution in [0.5, 0.6) is 0 Å². The highest BCUT2D eigenvalue weighted by molar-refractivity contribution is 5.80. The first-order chi connectivity index (χ1) is 10.4. The molecule has 1 aliphatic heterocycles. The van der Waals surface area contributed by atoms with Gasteiger partial charge in [0.15, 0.2) is 0 Å². The van der Waals surface area contributed by atoms with Gasteiger partial charge in [0.1, 0.15) is 5.58 Å². The predicted molar refractivity (Wildman–Crippen MR) is 87.4 cm³/mol. The number of para-hydroxylation sites is 1. The minimum atomic E-state index is 0.795. The first-order valence-electron chi connectivity index (χ1n) is 8.25. The number of nitrogens with zero attached hydrogens (tertiary/aromatic N) is 1. The van der Waals surface area contributed by atoms with Crippen LogP contribution in [0, 0.1) is 5.92 Å². The number of benzene rings is 1. The maximum atomic E-state index is 5.68. The Hall–Kier alpha value is -1.32. The van der Waals surface area contributed by atoms with E-state index in [2.05, 4.69) is 29.3 Å². The zero-order valence-electron chi connectivity index (χ0n) is 13.0. The van der Waals surface area contributed by atoms with Gasteiger partial charge in [-0.2, -0.15) is 0 Å². The second kappa shape index (κ2) is 7.10. The summed E-state index contributed by atoms with van der Waals surface area (Å²) in [5.41, 5.74) is 2.33. The summed E-state index contributed by atoms with van der Waals surface area (Å²) >= 11 is 0. The largest absolute Gasteiger partial charge is 0.464 e. The van der Waals surface area contributed by atoms with E-state index in [1.807, 2.05) is 18.4 Å². The van der Waals surface area contributed by atoms with E-state index in [4.69, 9.17) is 4.42 Å². The highest BCUT2D eigenvalue weighted by Crippen LogP contribution is 2.23. The summed E-state index contributed by atoms with van der Waals surface area (Å²) in [6.07, 6.45) is 5.82. The summed E-state index contributed by atoms with van der Waals surface area (Å²) in [5, 5.41) is 4.79. The van der Waals surface area contributed by atoms with Crippen LogP contribution in [0.15, 0.2) is 34.9 Å². The highest BCUT2D eigenvalue weighted by Gasteiger charge is 2.18. The van der Waals surface area contributed by atoms with E-state index in [1.165, 1.54) is 49.8 Å². The highest BCUT2D eigenvalue weighted by atomic mass is 16.3. The van der Waals surface area contributed by atoms with Crippen LogP contribution < -0.4 is 5.32 Å². The Labute approximate surface area is 127 Å². The first-order valence-corrected chi connectivity index (χ1v) is 8.25. The van der Waals surface area contributed by atoms with Crippen molar-refractivity contribution in [1.29, 1.82) is 0 Å². The Balaban J connectivity index is 1.69. The summed E-state index contributed by atoms with van der Waals surface area (Å²) < 4.78 is 5.68. The van der Waals surface area contributed by atoms with E-state index in [9.17, 15) is 0 Å². The Morgan fingerprint density at radius 1 is 1.33 bits per heavy atom. The van der Waals surface area contributed by atoms with Gasteiger partial charge >= 0.3 is 0 Å². The maximum absolute atomic E-state index is 5.68. The van der Waals surface area contributed by atoms with Gasteiger partial charge in [0, 0.05) is 24.0 Å². The number of rotatable bonds is 6. The van der Waals surface area contributed by atoms with Gasteiger partial charge in [-0.1, -0.05) is 25.1 Å². The molecule has 0 bridgehead atoms. The van der Waals surface area contributed by atoms with Crippen LogP contribution in [0.2, 0.25) is 0 Å². The third-order valence-electron chi connectivity index (χ3n) is 4.41. The van der Waals surface area contributed by atoms with Crippen LogP contribution in [0.1, 0.15) is 31.7 Å². The van der Waals surface area contributed by atoms with Crippen LogP contribution in [-0.4, -0.2) is 31.1 Å². The van der Waals surface area contributed by atoms with E-state index >= 15 is 0 Å². The molecule has 114 valence electrons. The SMILES string of the molecule is CCCN(Cc1coc2ccccc12)CC1CCCNC1. The van der Waals surface area contributed by atoms with Crippen LogP contribution in [-0.2, 0) is 6.54 Å². The second-order valence-corrected chi connectivity index (χ2v) is 6.20. The molecule has 2 aromatic rings. The average Bonchev–Trinajstić information content (AvgIpc) is 2.92. The molecule has 21 heavy (non-hydrogen) atoms. The third-order valence-corrected chi connectivity index (χ3v) is 4.41. The Kier molecular flexibility index (Phi) is 4.94. The van der Waals surface area contributed by atoms with Crippen molar-refractivity contribution in [2.75, 3.05) is 26.2 Å². The molecule has 0 saturated carbocycles. The van der Waals surface area contributed by atoms with Crippen LogP contribution >= 0.6 is 0 Å². The summed E-state index contributed by atoms with van der Waals surface area (Å²) in [7, 11) is 0. The first kappa shape index (κ1) is 14.6. The fourth-order valence-corrected chi connectivity index (χ4v) is 3.39. The number of furan rings is 1. The number of hydrogen-bond donors (Lipinski definition) is 1. The lowest BCUT2D eigenvalue weighted by Gasteiger charge is -2.29. The van der Waals surface area contributed by atoms with E-state index in [0.29, 0.717) is 0 Å². The fourth-order valence-electron chi connectivity index (χ4n) is 3.39. The van der Waals surface area contributed by atoms with Gasteiger partial charge in [-0.25, -0.2) is 0 Å². The predicted octanol–water partition coefficient (Wildman–Crippen LogP) is 3.64. The van der Waals surface area contributed by atoms with Gasteiger partial charge in [-0.05, 0) is 50.9 Å². The molecule has 1 aliphatic rings. The zero-order chi connectivity index (χ0) is 14.5. The molecule has 1 saturated heterocycles. The standard InChI is InChI=1S/C18H26N2O/c1-2-10-20(12-15-6-5-9-19-11-15)13-16-14-21-18-8-4-3-7-17(16)18/h3-4,7-8,14-15,19H,2,5-6,9-13H2,1H3. The van der Waals surface area contributed by atoms with Crippen molar-refractivity contribution in [1.82, 2.24) is 10.2 Å². The van der Waals surface area contributed by atoms with Crippen molar-refractivity contribution in [3.05, 3.63) is 36.1 Å². The molecule has 0 radical (unpaired) electrons. The van der Waals surface area contributed by atoms with Crippen molar-refractivity contribution in [2.24, 2.45) is 5.92 Å². The lowest BCUT2D eigenvalue weighted by molar-refractivity contribution is 0.201. The Bertz CT molecular complexity index is 557. The van der Waals surface area contributed by atoms with Gasteiger partial charge in [0.05, 0.1) is 6.26 Å². The molecule has 0 spiro atoms. The number of piperidine rings is 1. The molecule has 3 nitrogen and oxygen atoms in total. The number of hydrogen-bond acceptors (Lipinski definition) is 3. The molecule has 0 aliphatic carbocycles. The van der Waals surface area contributed by atoms with Crippen molar-refractivity contribution in [2.45, 2.75) is 32.7 Å². The van der Waals surface area contributed by atoms with E-state index in [1.54, 1.807) is 0 Å². The molecule has 1 aromatic heterocycles. The van der Waals surface area contributed by atoms with Crippen molar-refractivity contribution < 1.29 is 4.42 Å². The van der Waals surface area contributed by atoms with Gasteiger partial charge in [0.2, 0.25) is 0 Å².